The van der Waals surface area contributed by atoms with Gasteiger partial charge in [0.2, 0.25) is 21.8 Å². The summed E-state index contributed by atoms with van der Waals surface area (Å²) in [6.45, 7) is 7.40. The number of hydrogen-bond donors (Lipinski definition) is 4. The normalized spacial score (nSPS) is 22.8. The Morgan fingerprint density at radius 1 is 1.22 bits per heavy atom. The molecule has 1 aromatic carbocycles. The third-order valence-corrected chi connectivity index (χ3v) is 9.59. The Hall–Kier alpha value is -1.95. The number of rotatable bonds is 11. The Morgan fingerprint density at radius 3 is 2.46 bits per heavy atom. The maximum absolute atomic E-state index is 14.0. The van der Waals surface area contributed by atoms with Crippen molar-refractivity contribution in [3.05, 3.63) is 29.8 Å². The molecule has 206 valence electrons. The topological polar surface area (TPSA) is 136 Å². The van der Waals surface area contributed by atoms with E-state index in [-0.39, 0.29) is 29.7 Å². The van der Waals surface area contributed by atoms with Crippen LogP contribution in [0.2, 0.25) is 0 Å². The molecule has 2 amide bonds. The van der Waals surface area contributed by atoms with Gasteiger partial charge in [-0.05, 0) is 55.7 Å². The monoisotopic (exact) mass is 535 g/mol. The van der Waals surface area contributed by atoms with E-state index in [9.17, 15) is 28.1 Å². The number of benzene rings is 1. The first kappa shape index (κ1) is 29.6. The predicted molar refractivity (Wildman–Crippen MR) is 143 cm³/mol. The summed E-state index contributed by atoms with van der Waals surface area (Å²) in [7, 11) is -5.71. The van der Waals surface area contributed by atoms with Crippen molar-refractivity contribution >= 4 is 29.0 Å². The van der Waals surface area contributed by atoms with E-state index in [4.69, 9.17) is 0 Å². The number of amides is 2. The molecule has 0 spiro atoms. The van der Waals surface area contributed by atoms with Crippen molar-refractivity contribution in [1.82, 2.24) is 14.9 Å². The average molecular weight is 536 g/mol. The summed E-state index contributed by atoms with van der Waals surface area (Å²) in [6, 6.07) is 5.73. The molecule has 3 atom stereocenters. The quantitative estimate of drug-likeness (QED) is 0.321. The van der Waals surface area contributed by atoms with Crippen LogP contribution >= 0.6 is 0 Å². The van der Waals surface area contributed by atoms with Gasteiger partial charge in [0.15, 0.2) is 0 Å². The summed E-state index contributed by atoms with van der Waals surface area (Å²) < 4.78 is 29.5. The van der Waals surface area contributed by atoms with Crippen LogP contribution in [0.5, 0.6) is 0 Å². The zero-order valence-corrected chi connectivity index (χ0v) is 23.3. The fraction of sp³-hybridized carbons (Fsp3) is 0.692. The molecule has 0 bridgehead atoms. The Labute approximate surface area is 221 Å². The van der Waals surface area contributed by atoms with E-state index in [1.165, 1.54) is 11.0 Å². The number of sulfonamides is 1. The first-order valence-electron chi connectivity index (χ1n) is 13.5. The number of likely N-dealkylation sites (tertiary alicyclic amines) is 1. The number of nitrogens with zero attached hydrogens (tertiary/aromatic N) is 1. The molecule has 37 heavy (non-hydrogen) atoms. The second kappa shape index (κ2) is 12.3. The molecule has 4 N–H and O–H groups in total. The van der Waals surface area contributed by atoms with Crippen LogP contribution in [-0.2, 0) is 19.6 Å². The van der Waals surface area contributed by atoms with Crippen LogP contribution in [-0.4, -0.2) is 66.4 Å². The predicted octanol–water partition coefficient (Wildman–Crippen LogP) is 2.15. The van der Waals surface area contributed by atoms with Gasteiger partial charge in [-0.1, -0.05) is 65.0 Å². The average Bonchev–Trinajstić information content (AvgIpc) is 3.17. The smallest absolute Gasteiger partial charge is 0.426 e. The minimum Gasteiger partial charge on any atom is -0.426 e. The molecule has 1 saturated heterocycles. The van der Waals surface area contributed by atoms with Crippen LogP contribution in [0.3, 0.4) is 0 Å². The first-order chi connectivity index (χ1) is 17.4. The number of nitrogens with one attached hydrogen (secondary N) is 2. The summed E-state index contributed by atoms with van der Waals surface area (Å²) in [6.07, 6.45) is 6.28. The lowest BCUT2D eigenvalue weighted by Crippen LogP contribution is -2.60. The number of carbonyl (C=O) groups excluding carboxylic acids is 2. The second-order valence-electron chi connectivity index (χ2n) is 11.0. The van der Waals surface area contributed by atoms with Crippen molar-refractivity contribution in [2.45, 2.75) is 101 Å². The van der Waals surface area contributed by atoms with Crippen LogP contribution in [0.1, 0.15) is 77.7 Å². The minimum atomic E-state index is -4.00. The fourth-order valence-corrected chi connectivity index (χ4v) is 7.29. The van der Waals surface area contributed by atoms with Gasteiger partial charge in [-0.2, -0.15) is 4.72 Å². The molecule has 9 nitrogen and oxygen atoms in total. The van der Waals surface area contributed by atoms with Gasteiger partial charge in [0.05, 0.1) is 10.8 Å². The highest BCUT2D eigenvalue weighted by Gasteiger charge is 2.54. The standard InChI is InChI=1S/C26H42BN3O6S/c1-5-23(27(33)34)28-24(31)22(17-20-11-7-6-8-12-20)30-15-14-26(18(2)3,25(30)32)29-37(35,36)21-13-9-10-19(4)16-21/h9-10,13,16,18,20,22-23,29,33-34H,5-8,11-12,14-15,17H2,1-4H3,(H,28,31)/t22-,23?,26?/m0/s1. The van der Waals surface area contributed by atoms with Gasteiger partial charge < -0.3 is 20.3 Å². The summed E-state index contributed by atoms with van der Waals surface area (Å²) in [4.78, 5) is 29.1. The highest BCUT2D eigenvalue weighted by atomic mass is 32.2. The van der Waals surface area contributed by atoms with Crippen LogP contribution in [0.4, 0.5) is 0 Å². The fourth-order valence-electron chi connectivity index (χ4n) is 5.67. The highest BCUT2D eigenvalue weighted by molar-refractivity contribution is 7.89. The summed E-state index contributed by atoms with van der Waals surface area (Å²) >= 11 is 0. The summed E-state index contributed by atoms with van der Waals surface area (Å²) in [5.41, 5.74) is -0.587. The van der Waals surface area contributed by atoms with E-state index in [2.05, 4.69) is 10.0 Å². The van der Waals surface area contributed by atoms with Crippen molar-refractivity contribution in [3.63, 3.8) is 0 Å². The largest absolute Gasteiger partial charge is 0.475 e. The third-order valence-electron chi connectivity index (χ3n) is 8.08. The summed E-state index contributed by atoms with van der Waals surface area (Å²) in [5.74, 6) is -1.78. The van der Waals surface area contributed by atoms with E-state index in [0.717, 1.165) is 37.7 Å². The van der Waals surface area contributed by atoms with Crippen LogP contribution in [0.25, 0.3) is 0 Å². The van der Waals surface area contributed by atoms with Gasteiger partial charge in [-0.25, -0.2) is 8.42 Å². The molecule has 2 aliphatic rings. The molecule has 3 rings (SSSR count). The molecule has 2 unspecified atom stereocenters. The Balaban J connectivity index is 1.91. The number of carbonyl (C=O) groups is 2. The maximum atomic E-state index is 14.0. The zero-order valence-electron chi connectivity index (χ0n) is 22.4. The lowest BCUT2D eigenvalue weighted by molar-refractivity contribution is -0.142. The molecular weight excluding hydrogens is 493 g/mol. The molecule has 0 radical (unpaired) electrons. The first-order valence-corrected chi connectivity index (χ1v) is 15.0. The lowest BCUT2D eigenvalue weighted by Gasteiger charge is -2.36. The van der Waals surface area contributed by atoms with Gasteiger partial charge in [-0.15, -0.1) is 0 Å². The molecule has 1 aromatic rings. The molecule has 0 aromatic heterocycles. The Bertz CT molecular complexity index is 1060. The molecule has 11 heteroatoms. The van der Waals surface area contributed by atoms with Gasteiger partial charge in [-0.3, -0.25) is 9.59 Å². The minimum absolute atomic E-state index is 0.0954. The van der Waals surface area contributed by atoms with Crippen molar-refractivity contribution in [1.29, 1.82) is 0 Å². The van der Waals surface area contributed by atoms with E-state index >= 15 is 0 Å². The zero-order chi connectivity index (χ0) is 27.4. The Morgan fingerprint density at radius 2 is 1.89 bits per heavy atom. The molecule has 1 saturated carbocycles. The van der Waals surface area contributed by atoms with E-state index < -0.39 is 46.5 Å². The van der Waals surface area contributed by atoms with Crippen molar-refractivity contribution in [2.75, 3.05) is 6.54 Å². The van der Waals surface area contributed by atoms with Crippen LogP contribution < -0.4 is 10.0 Å². The molecule has 2 fully saturated rings. The third kappa shape index (κ3) is 6.74. The van der Waals surface area contributed by atoms with E-state index in [1.54, 1.807) is 32.0 Å². The molecule has 1 aliphatic carbocycles. The SMILES string of the molecule is CCC(NC(=O)[C@H](CC1CCCCC1)N1CCC(NS(=O)(=O)c2cccc(C)c2)(C(C)C)C1=O)B(O)O. The molecular formula is C26H42BN3O6S. The summed E-state index contributed by atoms with van der Waals surface area (Å²) in [5, 5.41) is 22.1. The van der Waals surface area contributed by atoms with Gasteiger partial charge in [0.1, 0.15) is 11.6 Å². The van der Waals surface area contributed by atoms with Crippen LogP contribution in [0, 0.1) is 18.8 Å². The van der Waals surface area contributed by atoms with Gasteiger partial charge in [0.25, 0.3) is 0 Å². The number of hydrogen-bond acceptors (Lipinski definition) is 6. The molecule has 1 aliphatic heterocycles. The van der Waals surface area contributed by atoms with Gasteiger partial charge in [0, 0.05) is 6.54 Å². The van der Waals surface area contributed by atoms with Crippen molar-refractivity contribution < 1.29 is 28.1 Å². The van der Waals surface area contributed by atoms with E-state index in [0.29, 0.717) is 12.8 Å². The molecule has 1 heterocycles. The number of aryl methyl sites for hydroxylation is 1. The van der Waals surface area contributed by atoms with E-state index in [1.807, 2.05) is 13.8 Å². The maximum Gasteiger partial charge on any atom is 0.475 e. The van der Waals surface area contributed by atoms with Crippen molar-refractivity contribution in [2.24, 2.45) is 11.8 Å². The highest BCUT2D eigenvalue weighted by Crippen LogP contribution is 2.36. The van der Waals surface area contributed by atoms with Gasteiger partial charge >= 0.3 is 7.12 Å². The van der Waals surface area contributed by atoms with Crippen molar-refractivity contribution in [3.8, 4) is 0 Å². The van der Waals surface area contributed by atoms with Crippen LogP contribution in [0.15, 0.2) is 29.2 Å². The lowest BCUT2D eigenvalue weighted by atomic mass is 9.77. The Kier molecular flexibility index (Phi) is 9.82. The second-order valence-corrected chi connectivity index (χ2v) is 12.7.